The summed E-state index contributed by atoms with van der Waals surface area (Å²) in [7, 11) is 0. The second-order valence-electron chi connectivity index (χ2n) is 14.0. The molecule has 0 bridgehead atoms. The van der Waals surface area contributed by atoms with E-state index in [1.54, 1.807) is 6.92 Å². The highest BCUT2D eigenvalue weighted by Crippen LogP contribution is 2.67. The van der Waals surface area contributed by atoms with Crippen LogP contribution in [-0.4, -0.2) is 24.1 Å². The molecule has 0 spiro atoms. The molecule has 0 amide bonds. The average molecular weight is 513 g/mol. The fourth-order valence-corrected chi connectivity index (χ4v) is 9.34. The van der Waals surface area contributed by atoms with Crippen LogP contribution in [0.2, 0.25) is 0 Å². The van der Waals surface area contributed by atoms with Crippen LogP contribution in [0.1, 0.15) is 107 Å². The van der Waals surface area contributed by atoms with E-state index < -0.39 is 0 Å². The summed E-state index contributed by atoms with van der Waals surface area (Å²) in [6, 6.07) is 0. The van der Waals surface area contributed by atoms with E-state index in [1.807, 2.05) is 0 Å². The van der Waals surface area contributed by atoms with Crippen LogP contribution in [0.3, 0.4) is 0 Å². The monoisotopic (exact) mass is 512 g/mol. The Kier molecular flexibility index (Phi) is 8.09. The number of carbonyl (C=O) groups excluding carboxylic acids is 2. The second-order valence-corrected chi connectivity index (χ2v) is 14.0. The van der Waals surface area contributed by atoms with Crippen LogP contribution < -0.4 is 0 Å². The first-order valence-electron chi connectivity index (χ1n) is 15.0. The molecule has 0 saturated heterocycles. The van der Waals surface area contributed by atoms with Gasteiger partial charge in [0.1, 0.15) is 12.2 Å². The van der Waals surface area contributed by atoms with E-state index >= 15 is 0 Å². The highest BCUT2D eigenvalue weighted by molar-refractivity contribution is 5.67. The van der Waals surface area contributed by atoms with Crippen molar-refractivity contribution in [2.24, 2.45) is 52.3 Å². The van der Waals surface area contributed by atoms with E-state index in [2.05, 4.69) is 60.6 Å². The quantitative estimate of drug-likeness (QED) is 0.268. The minimum atomic E-state index is -0.203. The van der Waals surface area contributed by atoms with Crippen molar-refractivity contribution < 1.29 is 19.1 Å². The fourth-order valence-electron chi connectivity index (χ4n) is 9.34. The zero-order chi connectivity index (χ0) is 27.3. The van der Waals surface area contributed by atoms with Gasteiger partial charge in [-0.1, -0.05) is 58.8 Å². The van der Waals surface area contributed by atoms with Gasteiger partial charge in [0, 0.05) is 26.2 Å². The lowest BCUT2D eigenvalue weighted by molar-refractivity contribution is -0.159. The van der Waals surface area contributed by atoms with Crippen molar-refractivity contribution in [1.82, 2.24) is 0 Å². The van der Waals surface area contributed by atoms with Crippen LogP contribution >= 0.6 is 0 Å². The molecule has 0 aromatic carbocycles. The van der Waals surface area contributed by atoms with Gasteiger partial charge in [0.2, 0.25) is 0 Å². The highest BCUT2D eigenvalue weighted by atomic mass is 16.5. The molecular formula is C33H52O4. The lowest BCUT2D eigenvalue weighted by Crippen LogP contribution is -2.55. The van der Waals surface area contributed by atoms with Gasteiger partial charge in [-0.2, -0.15) is 0 Å². The normalized spacial score (nSPS) is 41.1. The highest BCUT2D eigenvalue weighted by Gasteiger charge is 2.62. The van der Waals surface area contributed by atoms with Gasteiger partial charge < -0.3 is 9.47 Å². The fraction of sp³-hybridized carbons (Fsp3) is 0.818. The van der Waals surface area contributed by atoms with Gasteiger partial charge in [-0.15, -0.1) is 0 Å². The van der Waals surface area contributed by atoms with Crippen molar-refractivity contribution >= 4 is 11.9 Å². The predicted molar refractivity (Wildman–Crippen MR) is 149 cm³/mol. The number of carbonyl (C=O) groups is 2. The SMILES string of the molecule is CC(=O)OC1CCC2(C)C(=CC(OC(C)=O)C3C2CCC2(C)C(C(C)C=C(C)C(C)C(C)C)CCC32)C1. The van der Waals surface area contributed by atoms with Crippen LogP contribution in [0.15, 0.2) is 23.3 Å². The van der Waals surface area contributed by atoms with Gasteiger partial charge in [-0.05, 0) is 97.9 Å². The first kappa shape index (κ1) is 28.4. The molecule has 3 saturated carbocycles. The van der Waals surface area contributed by atoms with Gasteiger partial charge in [0.25, 0.3) is 0 Å². The lowest BCUT2D eigenvalue weighted by atomic mass is 9.46. The average Bonchev–Trinajstić information content (AvgIpc) is 3.15. The molecular weight excluding hydrogens is 460 g/mol. The molecule has 4 rings (SSSR count). The zero-order valence-corrected chi connectivity index (χ0v) is 24.9. The Hall–Kier alpha value is -1.58. The molecule has 4 heteroatoms. The Labute approximate surface area is 226 Å². The van der Waals surface area contributed by atoms with Crippen LogP contribution in [-0.2, 0) is 19.1 Å². The molecule has 0 heterocycles. The third-order valence-corrected chi connectivity index (χ3v) is 11.6. The Bertz CT molecular complexity index is 946. The number of fused-ring (bicyclic) bond motifs is 5. The van der Waals surface area contributed by atoms with Crippen LogP contribution in [0.25, 0.3) is 0 Å². The van der Waals surface area contributed by atoms with Crippen LogP contribution in [0, 0.1) is 52.3 Å². The minimum absolute atomic E-state index is 0.0554. The van der Waals surface area contributed by atoms with E-state index in [0.29, 0.717) is 41.4 Å². The summed E-state index contributed by atoms with van der Waals surface area (Å²) in [6.45, 7) is 19.8. The van der Waals surface area contributed by atoms with E-state index in [9.17, 15) is 9.59 Å². The van der Waals surface area contributed by atoms with Gasteiger partial charge in [-0.25, -0.2) is 0 Å². The van der Waals surface area contributed by atoms with Crippen molar-refractivity contribution in [3.05, 3.63) is 23.3 Å². The summed E-state index contributed by atoms with van der Waals surface area (Å²) in [4.78, 5) is 23.9. The standard InChI is InChI=1S/C33H52O4/c1-19(2)22(5)20(3)16-21(4)27-10-11-28-31-29(13-15-33(27,28)9)32(8)14-12-26(36-23(6)34)17-25(32)18-30(31)37-24(7)35/h16,18-19,21-22,26-31H,10-15,17H2,1-9H3. The van der Waals surface area contributed by atoms with Crippen LogP contribution in [0.4, 0.5) is 0 Å². The van der Waals surface area contributed by atoms with Crippen molar-refractivity contribution in [2.75, 3.05) is 0 Å². The molecule has 3 fully saturated rings. The van der Waals surface area contributed by atoms with Crippen molar-refractivity contribution in [1.29, 1.82) is 0 Å². The summed E-state index contributed by atoms with van der Waals surface area (Å²) in [5.41, 5.74) is 3.26. The maximum absolute atomic E-state index is 12.3. The maximum atomic E-state index is 12.3. The molecule has 208 valence electrons. The van der Waals surface area contributed by atoms with E-state index in [0.717, 1.165) is 19.3 Å². The lowest BCUT2D eigenvalue weighted by Gasteiger charge is -2.59. The Morgan fingerprint density at radius 1 is 0.919 bits per heavy atom. The van der Waals surface area contributed by atoms with Crippen molar-refractivity contribution in [3.63, 3.8) is 0 Å². The molecule has 0 aromatic rings. The number of allylic oxidation sites excluding steroid dienone is 2. The molecule has 10 unspecified atom stereocenters. The number of hydrogen-bond acceptors (Lipinski definition) is 4. The van der Waals surface area contributed by atoms with Gasteiger partial charge in [0.05, 0.1) is 0 Å². The van der Waals surface area contributed by atoms with Gasteiger partial charge in [-0.3, -0.25) is 9.59 Å². The molecule has 10 atom stereocenters. The molecule has 4 aliphatic carbocycles. The van der Waals surface area contributed by atoms with Crippen LogP contribution in [0.5, 0.6) is 0 Å². The van der Waals surface area contributed by atoms with Gasteiger partial charge >= 0.3 is 11.9 Å². The Morgan fingerprint density at radius 2 is 1.59 bits per heavy atom. The van der Waals surface area contributed by atoms with E-state index in [4.69, 9.17) is 9.47 Å². The minimum Gasteiger partial charge on any atom is -0.462 e. The summed E-state index contributed by atoms with van der Waals surface area (Å²) < 4.78 is 11.7. The summed E-state index contributed by atoms with van der Waals surface area (Å²) in [5, 5.41) is 0. The smallest absolute Gasteiger partial charge is 0.303 e. The van der Waals surface area contributed by atoms with E-state index in [1.165, 1.54) is 43.8 Å². The number of rotatable bonds is 6. The molecule has 4 nitrogen and oxygen atoms in total. The predicted octanol–water partition coefficient (Wildman–Crippen LogP) is 7.91. The molecule has 0 aliphatic heterocycles. The third-order valence-electron chi connectivity index (χ3n) is 11.6. The van der Waals surface area contributed by atoms with E-state index in [-0.39, 0.29) is 35.0 Å². The largest absolute Gasteiger partial charge is 0.462 e. The van der Waals surface area contributed by atoms with Gasteiger partial charge in [0.15, 0.2) is 0 Å². The summed E-state index contributed by atoms with van der Waals surface area (Å²) in [5.74, 6) is 3.57. The first-order chi connectivity index (χ1) is 17.3. The number of hydrogen-bond donors (Lipinski definition) is 0. The molecule has 0 aromatic heterocycles. The summed E-state index contributed by atoms with van der Waals surface area (Å²) in [6.07, 6.45) is 12.3. The molecule has 4 aliphatic rings. The molecule has 0 N–H and O–H groups in total. The second kappa shape index (κ2) is 10.5. The molecule has 37 heavy (non-hydrogen) atoms. The van der Waals surface area contributed by atoms with Crippen molar-refractivity contribution in [2.45, 2.75) is 119 Å². The first-order valence-corrected chi connectivity index (χ1v) is 15.0. The Balaban J connectivity index is 1.64. The Morgan fingerprint density at radius 3 is 2.22 bits per heavy atom. The maximum Gasteiger partial charge on any atom is 0.303 e. The summed E-state index contributed by atoms with van der Waals surface area (Å²) >= 11 is 0. The zero-order valence-electron chi connectivity index (χ0n) is 24.9. The number of ether oxygens (including phenoxy) is 2. The topological polar surface area (TPSA) is 52.6 Å². The molecule has 0 radical (unpaired) electrons. The third kappa shape index (κ3) is 5.20. The van der Waals surface area contributed by atoms with Crippen molar-refractivity contribution in [3.8, 4) is 0 Å². The number of esters is 2.